The van der Waals surface area contributed by atoms with Crippen molar-refractivity contribution in [1.29, 1.82) is 0 Å². The predicted octanol–water partition coefficient (Wildman–Crippen LogP) is 2.83. The van der Waals surface area contributed by atoms with Crippen LogP contribution in [0.25, 0.3) is 11.4 Å². The number of nitrogens with zero attached hydrogens (tertiary/aromatic N) is 2. The van der Waals surface area contributed by atoms with Crippen molar-refractivity contribution in [1.82, 2.24) is 10.1 Å². The lowest BCUT2D eigenvalue weighted by atomic mass is 10.2. The number of para-hydroxylation sites is 1. The van der Waals surface area contributed by atoms with Gasteiger partial charge in [0, 0.05) is 0 Å². The van der Waals surface area contributed by atoms with E-state index in [2.05, 4.69) is 10.1 Å². The lowest BCUT2D eigenvalue weighted by molar-refractivity contribution is 0.0429. The van der Waals surface area contributed by atoms with Gasteiger partial charge in [0.15, 0.2) is 18.1 Å². The van der Waals surface area contributed by atoms with E-state index in [0.717, 1.165) is 0 Å². The highest BCUT2D eigenvalue weighted by atomic mass is 16.7. The Morgan fingerprint density at radius 1 is 1.15 bits per heavy atom. The molecule has 0 aliphatic carbocycles. The molecule has 8 heteroatoms. The van der Waals surface area contributed by atoms with Gasteiger partial charge in [0.05, 0.1) is 18.2 Å². The molecule has 4 rings (SSSR count). The highest BCUT2D eigenvalue weighted by Crippen LogP contribution is 2.32. The van der Waals surface area contributed by atoms with Crippen LogP contribution in [0.4, 0.5) is 0 Å². The minimum atomic E-state index is -0.527. The molecule has 0 saturated heterocycles. The van der Waals surface area contributed by atoms with E-state index >= 15 is 0 Å². The first-order chi connectivity index (χ1) is 12.7. The van der Waals surface area contributed by atoms with E-state index in [1.165, 1.54) is 0 Å². The number of hydrogen-bond acceptors (Lipinski definition) is 8. The van der Waals surface area contributed by atoms with E-state index in [4.69, 9.17) is 23.5 Å². The number of benzene rings is 2. The molecule has 3 aromatic rings. The number of ether oxygens (including phenoxy) is 4. The van der Waals surface area contributed by atoms with Crippen molar-refractivity contribution in [2.45, 2.75) is 6.61 Å². The Bertz CT molecular complexity index is 952. The zero-order valence-electron chi connectivity index (χ0n) is 13.8. The minimum Gasteiger partial charge on any atom is -0.496 e. The summed E-state index contributed by atoms with van der Waals surface area (Å²) in [6, 6.07) is 12.1. The molecule has 1 aliphatic rings. The van der Waals surface area contributed by atoms with Crippen LogP contribution in [-0.4, -0.2) is 30.0 Å². The first kappa shape index (κ1) is 15.9. The van der Waals surface area contributed by atoms with Crippen LogP contribution in [0.3, 0.4) is 0 Å². The zero-order valence-corrected chi connectivity index (χ0v) is 13.8. The second kappa shape index (κ2) is 6.75. The average Bonchev–Trinajstić information content (AvgIpc) is 3.34. The lowest BCUT2D eigenvalue weighted by Gasteiger charge is -2.03. The summed E-state index contributed by atoms with van der Waals surface area (Å²) in [7, 11) is 1.56. The summed E-state index contributed by atoms with van der Waals surface area (Å²) in [4.78, 5) is 16.4. The van der Waals surface area contributed by atoms with Gasteiger partial charge in [-0.15, -0.1) is 0 Å². The molecular formula is C18H14N2O6. The molecule has 2 heterocycles. The third-order valence-corrected chi connectivity index (χ3v) is 3.75. The first-order valence-corrected chi connectivity index (χ1v) is 7.77. The highest BCUT2D eigenvalue weighted by molar-refractivity contribution is 5.90. The summed E-state index contributed by atoms with van der Waals surface area (Å²) in [6.07, 6.45) is 0. The summed E-state index contributed by atoms with van der Waals surface area (Å²) in [5.41, 5.74) is 1.03. The van der Waals surface area contributed by atoms with Crippen molar-refractivity contribution in [3.63, 3.8) is 0 Å². The van der Waals surface area contributed by atoms with E-state index in [-0.39, 0.29) is 19.3 Å². The third kappa shape index (κ3) is 3.04. The van der Waals surface area contributed by atoms with E-state index in [0.29, 0.717) is 34.2 Å². The molecular weight excluding hydrogens is 340 g/mol. The minimum absolute atomic E-state index is 0.140. The zero-order chi connectivity index (χ0) is 17.9. The Morgan fingerprint density at radius 3 is 2.88 bits per heavy atom. The maximum absolute atomic E-state index is 12.2. The summed E-state index contributed by atoms with van der Waals surface area (Å²) in [5.74, 6) is 1.74. The third-order valence-electron chi connectivity index (χ3n) is 3.75. The molecule has 0 spiro atoms. The number of rotatable bonds is 5. The van der Waals surface area contributed by atoms with Crippen LogP contribution in [0.1, 0.15) is 16.2 Å². The largest absolute Gasteiger partial charge is 0.496 e. The van der Waals surface area contributed by atoms with Crippen LogP contribution in [0.15, 0.2) is 47.0 Å². The number of hydrogen-bond donors (Lipinski definition) is 0. The number of methoxy groups -OCH3 is 1. The molecule has 0 bridgehead atoms. The maximum Gasteiger partial charge on any atom is 0.338 e. The Hall–Kier alpha value is -3.55. The molecule has 0 atom stereocenters. The second-order valence-electron chi connectivity index (χ2n) is 5.36. The standard InChI is InChI=1S/C18H14N2O6/c1-22-13-5-3-2-4-12(13)17-19-16(26-20-17)9-23-18(21)11-6-7-14-15(8-11)25-10-24-14/h2-8H,9-10H2,1H3. The maximum atomic E-state index is 12.2. The fourth-order valence-corrected chi connectivity index (χ4v) is 2.49. The van der Waals surface area contributed by atoms with Gasteiger partial charge in [-0.05, 0) is 30.3 Å². The van der Waals surface area contributed by atoms with Crippen LogP contribution in [0.5, 0.6) is 17.2 Å². The van der Waals surface area contributed by atoms with Gasteiger partial charge in [-0.3, -0.25) is 0 Å². The summed E-state index contributed by atoms with van der Waals surface area (Å²) in [6.45, 7) is -0.00301. The second-order valence-corrected chi connectivity index (χ2v) is 5.36. The van der Waals surface area contributed by atoms with E-state index in [1.54, 1.807) is 31.4 Å². The fourth-order valence-electron chi connectivity index (χ4n) is 2.49. The van der Waals surface area contributed by atoms with Crippen molar-refractivity contribution in [2.75, 3.05) is 13.9 Å². The number of esters is 1. The smallest absolute Gasteiger partial charge is 0.338 e. The Labute approximate surface area is 148 Å². The molecule has 1 aromatic heterocycles. The topological polar surface area (TPSA) is 92.9 Å². The predicted molar refractivity (Wildman–Crippen MR) is 88.0 cm³/mol. The molecule has 2 aromatic carbocycles. The molecule has 0 fully saturated rings. The molecule has 0 N–H and O–H groups in total. The van der Waals surface area contributed by atoms with Gasteiger partial charge >= 0.3 is 5.97 Å². The van der Waals surface area contributed by atoms with Gasteiger partial charge in [-0.1, -0.05) is 17.3 Å². The molecule has 0 amide bonds. The SMILES string of the molecule is COc1ccccc1-c1noc(COC(=O)c2ccc3c(c2)OCO3)n1. The van der Waals surface area contributed by atoms with Crippen LogP contribution in [-0.2, 0) is 11.3 Å². The van der Waals surface area contributed by atoms with Crippen LogP contribution in [0, 0.1) is 0 Å². The van der Waals surface area contributed by atoms with Gasteiger partial charge in [0.25, 0.3) is 5.89 Å². The van der Waals surface area contributed by atoms with Crippen molar-refractivity contribution < 1.29 is 28.3 Å². The Morgan fingerprint density at radius 2 is 2.00 bits per heavy atom. The van der Waals surface area contributed by atoms with Crippen LogP contribution >= 0.6 is 0 Å². The quantitative estimate of drug-likeness (QED) is 0.646. The first-order valence-electron chi connectivity index (χ1n) is 7.77. The monoisotopic (exact) mass is 354 g/mol. The van der Waals surface area contributed by atoms with E-state index < -0.39 is 5.97 Å². The van der Waals surface area contributed by atoms with Gasteiger partial charge in [0.2, 0.25) is 12.6 Å². The van der Waals surface area contributed by atoms with Gasteiger partial charge in [0.1, 0.15) is 5.75 Å². The van der Waals surface area contributed by atoms with Crippen LogP contribution in [0.2, 0.25) is 0 Å². The Kier molecular flexibility index (Phi) is 4.14. The molecule has 0 radical (unpaired) electrons. The van der Waals surface area contributed by atoms with Crippen molar-refractivity contribution in [3.8, 4) is 28.6 Å². The number of aromatic nitrogens is 2. The summed E-state index contributed by atoms with van der Waals surface area (Å²) in [5, 5.41) is 3.90. The lowest BCUT2D eigenvalue weighted by Crippen LogP contribution is -2.05. The molecule has 0 unspecified atom stereocenters. The van der Waals surface area contributed by atoms with Gasteiger partial charge < -0.3 is 23.5 Å². The average molecular weight is 354 g/mol. The number of carbonyl (C=O) groups is 1. The Balaban J connectivity index is 1.44. The van der Waals surface area contributed by atoms with Crippen molar-refractivity contribution in [3.05, 3.63) is 53.9 Å². The molecule has 132 valence electrons. The fraction of sp³-hybridized carbons (Fsp3) is 0.167. The summed E-state index contributed by atoms with van der Waals surface area (Å²) >= 11 is 0. The van der Waals surface area contributed by atoms with Gasteiger partial charge in [-0.25, -0.2) is 4.79 Å². The number of fused-ring (bicyclic) bond motifs is 1. The molecule has 1 aliphatic heterocycles. The molecule has 0 saturated carbocycles. The number of carbonyl (C=O) groups excluding carboxylic acids is 1. The normalized spacial score (nSPS) is 12.0. The summed E-state index contributed by atoms with van der Waals surface area (Å²) < 4.78 is 26.1. The van der Waals surface area contributed by atoms with E-state index in [9.17, 15) is 4.79 Å². The van der Waals surface area contributed by atoms with Gasteiger partial charge in [-0.2, -0.15) is 4.98 Å². The van der Waals surface area contributed by atoms with Crippen molar-refractivity contribution in [2.24, 2.45) is 0 Å². The van der Waals surface area contributed by atoms with Crippen LogP contribution < -0.4 is 14.2 Å². The van der Waals surface area contributed by atoms with E-state index in [1.807, 2.05) is 18.2 Å². The molecule has 8 nitrogen and oxygen atoms in total. The highest BCUT2D eigenvalue weighted by Gasteiger charge is 2.18. The molecule has 26 heavy (non-hydrogen) atoms. The van der Waals surface area contributed by atoms with Crippen molar-refractivity contribution >= 4 is 5.97 Å².